The molecular weight excluding hydrogens is 252 g/mol. The van der Waals surface area contributed by atoms with Gasteiger partial charge in [-0.1, -0.05) is 29.8 Å². The summed E-state index contributed by atoms with van der Waals surface area (Å²) in [6, 6.07) is 10.1. The summed E-state index contributed by atoms with van der Waals surface area (Å²) in [7, 11) is 0. The average molecular weight is 266 g/mol. The number of rotatable bonds is 2. The lowest BCUT2D eigenvalue weighted by Gasteiger charge is -2.02. The van der Waals surface area contributed by atoms with E-state index in [2.05, 4.69) is 5.10 Å². The van der Waals surface area contributed by atoms with E-state index in [1.807, 2.05) is 43.5 Å². The number of fused-ring (bicyclic) bond motifs is 1. The Hall–Kier alpha value is -2.82. The Morgan fingerprint density at radius 1 is 1.20 bits per heavy atom. The quantitative estimate of drug-likeness (QED) is 0.743. The first kappa shape index (κ1) is 12.2. The lowest BCUT2D eigenvalue weighted by Crippen LogP contribution is -2.15. The predicted octanol–water partition coefficient (Wildman–Crippen LogP) is 1.99. The van der Waals surface area contributed by atoms with Gasteiger partial charge in [-0.05, 0) is 18.6 Å². The minimum atomic E-state index is -0.574. The standard InChI is InChI=1S/C15H14N4O/c1-9-2-4-10(5-3-9)11-6-13-14(16)12(15(17)20)7-18-19(13)8-11/h2-8H,16H2,1H3,(H2,17,20). The Morgan fingerprint density at radius 3 is 2.55 bits per heavy atom. The lowest BCUT2D eigenvalue weighted by atomic mass is 10.1. The number of anilines is 1. The Morgan fingerprint density at radius 2 is 1.90 bits per heavy atom. The fourth-order valence-electron chi connectivity index (χ4n) is 2.18. The molecule has 1 aromatic carbocycles. The molecule has 0 spiro atoms. The Kier molecular flexibility index (Phi) is 2.68. The van der Waals surface area contributed by atoms with Crippen molar-refractivity contribution in [3.63, 3.8) is 0 Å². The summed E-state index contributed by atoms with van der Waals surface area (Å²) >= 11 is 0. The Bertz CT molecular complexity index is 803. The van der Waals surface area contributed by atoms with Crippen LogP contribution >= 0.6 is 0 Å². The number of hydrogen-bond acceptors (Lipinski definition) is 3. The van der Waals surface area contributed by atoms with E-state index in [0.29, 0.717) is 11.2 Å². The van der Waals surface area contributed by atoms with Crippen molar-refractivity contribution < 1.29 is 4.79 Å². The maximum Gasteiger partial charge on any atom is 0.252 e. The molecule has 100 valence electrons. The first-order valence-corrected chi connectivity index (χ1v) is 6.20. The van der Waals surface area contributed by atoms with Crippen molar-refractivity contribution in [2.24, 2.45) is 5.73 Å². The van der Waals surface area contributed by atoms with Gasteiger partial charge in [-0.25, -0.2) is 4.52 Å². The number of carbonyl (C=O) groups excluding carboxylic acids is 1. The van der Waals surface area contributed by atoms with Crippen molar-refractivity contribution in [2.75, 3.05) is 5.73 Å². The molecule has 0 radical (unpaired) electrons. The van der Waals surface area contributed by atoms with E-state index in [1.165, 1.54) is 11.8 Å². The van der Waals surface area contributed by atoms with Crippen LogP contribution in [0.25, 0.3) is 16.6 Å². The molecule has 3 rings (SSSR count). The third-order valence-electron chi connectivity index (χ3n) is 3.33. The van der Waals surface area contributed by atoms with Gasteiger partial charge in [0.05, 0.1) is 23.0 Å². The van der Waals surface area contributed by atoms with Crippen molar-refractivity contribution in [3.05, 3.63) is 53.9 Å². The van der Waals surface area contributed by atoms with Gasteiger partial charge >= 0.3 is 0 Å². The number of nitrogens with two attached hydrogens (primary N) is 2. The fraction of sp³-hybridized carbons (Fsp3) is 0.0667. The Balaban J connectivity index is 2.18. The normalized spacial score (nSPS) is 10.8. The largest absolute Gasteiger partial charge is 0.396 e. The molecule has 0 saturated heterocycles. The molecule has 0 saturated carbocycles. The highest BCUT2D eigenvalue weighted by Gasteiger charge is 2.12. The van der Waals surface area contributed by atoms with Crippen molar-refractivity contribution >= 4 is 17.1 Å². The summed E-state index contributed by atoms with van der Waals surface area (Å²) in [5, 5.41) is 4.16. The highest BCUT2D eigenvalue weighted by atomic mass is 16.1. The first-order chi connectivity index (χ1) is 9.56. The van der Waals surface area contributed by atoms with Gasteiger partial charge in [0.1, 0.15) is 0 Å². The number of benzene rings is 1. The first-order valence-electron chi connectivity index (χ1n) is 6.20. The second kappa shape index (κ2) is 4.38. The average Bonchev–Trinajstić information content (AvgIpc) is 2.84. The molecule has 0 atom stereocenters. The number of primary amides is 1. The second-order valence-electron chi connectivity index (χ2n) is 4.76. The van der Waals surface area contributed by atoms with Crippen LogP contribution in [0.3, 0.4) is 0 Å². The van der Waals surface area contributed by atoms with Gasteiger partial charge < -0.3 is 11.5 Å². The number of aromatic nitrogens is 2. The van der Waals surface area contributed by atoms with Crippen LogP contribution in [0.15, 0.2) is 42.7 Å². The molecule has 5 heteroatoms. The van der Waals surface area contributed by atoms with Gasteiger partial charge in [0.25, 0.3) is 5.91 Å². The highest BCUT2D eigenvalue weighted by molar-refractivity contribution is 6.01. The van der Waals surface area contributed by atoms with Crippen LogP contribution in [0.2, 0.25) is 0 Å². The molecule has 0 aliphatic heterocycles. The van der Waals surface area contributed by atoms with Crippen LogP contribution in [0.5, 0.6) is 0 Å². The number of nitrogen functional groups attached to an aromatic ring is 1. The van der Waals surface area contributed by atoms with Gasteiger partial charge in [-0.3, -0.25) is 4.79 Å². The van der Waals surface area contributed by atoms with Gasteiger partial charge in [0.15, 0.2) is 0 Å². The smallest absolute Gasteiger partial charge is 0.252 e. The molecule has 5 nitrogen and oxygen atoms in total. The van der Waals surface area contributed by atoms with Crippen LogP contribution in [-0.2, 0) is 0 Å². The summed E-state index contributed by atoms with van der Waals surface area (Å²) in [5.41, 5.74) is 15.8. The van der Waals surface area contributed by atoms with Crippen LogP contribution in [-0.4, -0.2) is 15.5 Å². The lowest BCUT2D eigenvalue weighted by molar-refractivity contribution is 0.100. The summed E-state index contributed by atoms with van der Waals surface area (Å²) in [5.74, 6) is -0.574. The van der Waals surface area contributed by atoms with Crippen LogP contribution < -0.4 is 11.5 Å². The zero-order valence-corrected chi connectivity index (χ0v) is 11.0. The van der Waals surface area contributed by atoms with Crippen molar-refractivity contribution in [1.82, 2.24) is 9.61 Å². The summed E-state index contributed by atoms with van der Waals surface area (Å²) in [6.07, 6.45) is 3.27. The van der Waals surface area contributed by atoms with E-state index in [9.17, 15) is 4.79 Å². The van der Waals surface area contributed by atoms with Crippen LogP contribution in [0, 0.1) is 6.92 Å². The van der Waals surface area contributed by atoms with E-state index >= 15 is 0 Å². The number of carbonyl (C=O) groups is 1. The van der Waals surface area contributed by atoms with Gasteiger partial charge in [0.2, 0.25) is 0 Å². The molecule has 4 N–H and O–H groups in total. The molecule has 0 bridgehead atoms. The molecule has 0 unspecified atom stereocenters. The van der Waals surface area contributed by atoms with E-state index in [4.69, 9.17) is 11.5 Å². The molecule has 2 aromatic heterocycles. The zero-order chi connectivity index (χ0) is 14.3. The molecule has 0 aliphatic carbocycles. The minimum absolute atomic E-state index is 0.242. The number of nitrogens with zero attached hydrogens (tertiary/aromatic N) is 2. The second-order valence-corrected chi connectivity index (χ2v) is 4.76. The van der Waals surface area contributed by atoms with E-state index < -0.39 is 5.91 Å². The third kappa shape index (κ3) is 1.89. The van der Waals surface area contributed by atoms with E-state index in [-0.39, 0.29) is 5.56 Å². The van der Waals surface area contributed by atoms with Crippen molar-refractivity contribution in [2.45, 2.75) is 6.92 Å². The fourth-order valence-corrected chi connectivity index (χ4v) is 2.18. The van der Waals surface area contributed by atoms with Crippen molar-refractivity contribution in [1.29, 1.82) is 0 Å². The molecule has 0 aliphatic rings. The van der Waals surface area contributed by atoms with E-state index in [0.717, 1.165) is 11.1 Å². The minimum Gasteiger partial charge on any atom is -0.396 e. The topological polar surface area (TPSA) is 86.4 Å². The number of aryl methyl sites for hydroxylation is 1. The molecular formula is C15H14N4O. The predicted molar refractivity (Wildman–Crippen MR) is 78.3 cm³/mol. The summed E-state index contributed by atoms with van der Waals surface area (Å²) in [4.78, 5) is 11.3. The molecule has 3 aromatic rings. The molecule has 2 heterocycles. The molecule has 1 amide bonds. The number of amides is 1. The molecule has 0 fully saturated rings. The monoisotopic (exact) mass is 266 g/mol. The third-order valence-corrected chi connectivity index (χ3v) is 3.33. The maximum absolute atomic E-state index is 11.3. The van der Waals surface area contributed by atoms with Gasteiger partial charge in [-0.2, -0.15) is 5.10 Å². The maximum atomic E-state index is 11.3. The van der Waals surface area contributed by atoms with Crippen molar-refractivity contribution in [3.8, 4) is 11.1 Å². The van der Waals surface area contributed by atoms with E-state index in [1.54, 1.807) is 4.52 Å². The zero-order valence-electron chi connectivity index (χ0n) is 11.0. The Labute approximate surface area is 115 Å². The van der Waals surface area contributed by atoms with Crippen LogP contribution in [0.4, 0.5) is 5.69 Å². The molecule has 20 heavy (non-hydrogen) atoms. The summed E-state index contributed by atoms with van der Waals surface area (Å²) < 4.78 is 1.65. The SMILES string of the molecule is Cc1ccc(-c2cc3c(N)c(C(N)=O)cnn3c2)cc1. The van der Waals surface area contributed by atoms with Crippen LogP contribution in [0.1, 0.15) is 15.9 Å². The summed E-state index contributed by atoms with van der Waals surface area (Å²) in [6.45, 7) is 2.04. The van der Waals surface area contributed by atoms with Gasteiger partial charge in [-0.15, -0.1) is 0 Å². The van der Waals surface area contributed by atoms with Gasteiger partial charge in [0, 0.05) is 11.8 Å². The number of hydrogen-bond donors (Lipinski definition) is 2. The highest BCUT2D eigenvalue weighted by Crippen LogP contribution is 2.26.